The predicted octanol–water partition coefficient (Wildman–Crippen LogP) is 0.00750. The van der Waals surface area contributed by atoms with E-state index < -0.39 is 5.91 Å². The summed E-state index contributed by atoms with van der Waals surface area (Å²) in [5.74, 6) is -0.623. The first-order chi connectivity index (χ1) is 7.66. The van der Waals surface area contributed by atoms with Gasteiger partial charge in [-0.3, -0.25) is 14.5 Å². The quantitative estimate of drug-likeness (QED) is 0.756. The van der Waals surface area contributed by atoms with Crippen LogP contribution in [0.1, 0.15) is 16.1 Å². The second-order valence-electron chi connectivity index (χ2n) is 3.36. The highest BCUT2D eigenvalue weighted by molar-refractivity contribution is 5.95. The van der Waals surface area contributed by atoms with Crippen molar-refractivity contribution in [3.05, 3.63) is 42.0 Å². The third-order valence-corrected chi connectivity index (χ3v) is 2.09. The van der Waals surface area contributed by atoms with Crippen LogP contribution in [0.15, 0.2) is 30.7 Å². The number of carbonyl (C=O) groups excluding carboxylic acids is 1. The molecule has 0 spiro atoms. The van der Waals surface area contributed by atoms with Gasteiger partial charge in [-0.1, -0.05) is 6.07 Å². The topological polar surface area (TPSA) is 99.8 Å². The lowest BCUT2D eigenvalue weighted by atomic mass is 10.3. The van der Waals surface area contributed by atoms with Crippen molar-refractivity contribution in [2.75, 3.05) is 5.73 Å². The fraction of sp³-hybridized carbons (Fsp3) is 0.100. The SMILES string of the molecule is NC(=O)c1nn(Cc2cccnc2)cc1N. The molecule has 0 bridgehead atoms. The Bertz CT molecular complexity index is 505. The summed E-state index contributed by atoms with van der Waals surface area (Å²) in [5, 5.41) is 3.99. The third kappa shape index (κ3) is 2.00. The summed E-state index contributed by atoms with van der Waals surface area (Å²) < 4.78 is 1.56. The highest BCUT2D eigenvalue weighted by Crippen LogP contribution is 2.09. The highest BCUT2D eigenvalue weighted by atomic mass is 16.1. The maximum absolute atomic E-state index is 10.9. The summed E-state index contributed by atoms with van der Waals surface area (Å²) in [4.78, 5) is 14.9. The molecule has 2 aromatic heterocycles. The van der Waals surface area contributed by atoms with Gasteiger partial charge in [-0.2, -0.15) is 5.10 Å². The van der Waals surface area contributed by atoms with E-state index in [0.29, 0.717) is 6.54 Å². The Hall–Kier alpha value is -2.37. The van der Waals surface area contributed by atoms with Crippen molar-refractivity contribution >= 4 is 11.6 Å². The van der Waals surface area contributed by atoms with Gasteiger partial charge in [-0.05, 0) is 11.6 Å². The number of hydrogen-bond acceptors (Lipinski definition) is 4. The van der Waals surface area contributed by atoms with Crippen LogP contribution in [0.5, 0.6) is 0 Å². The third-order valence-electron chi connectivity index (χ3n) is 2.09. The van der Waals surface area contributed by atoms with Crippen LogP contribution in [0, 0.1) is 0 Å². The lowest BCUT2D eigenvalue weighted by Gasteiger charge is -1.99. The lowest BCUT2D eigenvalue weighted by Crippen LogP contribution is -2.14. The average Bonchev–Trinajstić information content (AvgIpc) is 2.61. The van der Waals surface area contributed by atoms with E-state index in [1.54, 1.807) is 23.3 Å². The Balaban J connectivity index is 2.23. The van der Waals surface area contributed by atoms with E-state index >= 15 is 0 Å². The van der Waals surface area contributed by atoms with Crippen LogP contribution in [0.4, 0.5) is 5.69 Å². The molecule has 2 rings (SSSR count). The molecule has 82 valence electrons. The van der Waals surface area contributed by atoms with E-state index in [0.717, 1.165) is 5.56 Å². The molecule has 2 heterocycles. The van der Waals surface area contributed by atoms with Crippen LogP contribution in [0.3, 0.4) is 0 Å². The minimum Gasteiger partial charge on any atom is -0.396 e. The number of nitrogens with two attached hydrogens (primary N) is 2. The molecule has 0 aromatic carbocycles. The standard InChI is InChI=1S/C10H11N5O/c11-8-6-15(14-9(8)10(12)16)5-7-2-1-3-13-4-7/h1-4,6H,5,11H2,(H2,12,16). The second-order valence-corrected chi connectivity index (χ2v) is 3.36. The normalized spacial score (nSPS) is 10.2. The first kappa shape index (κ1) is 10.2. The van der Waals surface area contributed by atoms with Gasteiger partial charge in [0.05, 0.1) is 12.2 Å². The number of hydrogen-bond donors (Lipinski definition) is 2. The Morgan fingerprint density at radius 1 is 1.50 bits per heavy atom. The Labute approximate surface area is 91.9 Å². The molecule has 0 fully saturated rings. The Morgan fingerprint density at radius 2 is 2.31 bits per heavy atom. The van der Waals surface area contributed by atoms with Crippen molar-refractivity contribution < 1.29 is 4.79 Å². The number of carbonyl (C=O) groups is 1. The van der Waals surface area contributed by atoms with Crippen LogP contribution in [0.25, 0.3) is 0 Å². The zero-order valence-electron chi connectivity index (χ0n) is 8.50. The second kappa shape index (κ2) is 4.01. The van der Waals surface area contributed by atoms with E-state index in [9.17, 15) is 4.79 Å². The van der Waals surface area contributed by atoms with Crippen molar-refractivity contribution in [3.63, 3.8) is 0 Å². The number of anilines is 1. The molecule has 16 heavy (non-hydrogen) atoms. The van der Waals surface area contributed by atoms with Crippen molar-refractivity contribution in [2.24, 2.45) is 5.73 Å². The van der Waals surface area contributed by atoms with Gasteiger partial charge in [0.25, 0.3) is 5.91 Å². The number of nitrogens with zero attached hydrogens (tertiary/aromatic N) is 3. The molecule has 4 N–H and O–H groups in total. The van der Waals surface area contributed by atoms with Crippen LogP contribution in [0.2, 0.25) is 0 Å². The van der Waals surface area contributed by atoms with Crippen molar-refractivity contribution in [2.45, 2.75) is 6.54 Å². The van der Waals surface area contributed by atoms with Gasteiger partial charge in [-0.25, -0.2) is 0 Å². The highest BCUT2D eigenvalue weighted by Gasteiger charge is 2.11. The van der Waals surface area contributed by atoms with Gasteiger partial charge in [0.2, 0.25) is 0 Å². The Morgan fingerprint density at radius 3 is 2.88 bits per heavy atom. The van der Waals surface area contributed by atoms with Crippen molar-refractivity contribution in [1.82, 2.24) is 14.8 Å². The molecule has 6 nitrogen and oxygen atoms in total. The number of pyridine rings is 1. The Kier molecular flexibility index (Phi) is 2.55. The van der Waals surface area contributed by atoms with E-state index in [-0.39, 0.29) is 11.4 Å². The fourth-order valence-corrected chi connectivity index (χ4v) is 1.39. The van der Waals surface area contributed by atoms with Crippen LogP contribution in [-0.4, -0.2) is 20.7 Å². The zero-order chi connectivity index (χ0) is 11.5. The number of amides is 1. The summed E-state index contributed by atoms with van der Waals surface area (Å²) in [5.41, 5.74) is 12.1. The zero-order valence-corrected chi connectivity index (χ0v) is 8.50. The maximum atomic E-state index is 10.9. The first-order valence-electron chi connectivity index (χ1n) is 4.68. The molecule has 0 radical (unpaired) electrons. The van der Waals surface area contributed by atoms with Gasteiger partial charge in [-0.15, -0.1) is 0 Å². The van der Waals surface area contributed by atoms with Crippen molar-refractivity contribution in [1.29, 1.82) is 0 Å². The maximum Gasteiger partial charge on any atom is 0.271 e. The summed E-state index contributed by atoms with van der Waals surface area (Å²) in [6.07, 6.45) is 4.99. The fourth-order valence-electron chi connectivity index (χ4n) is 1.39. The first-order valence-corrected chi connectivity index (χ1v) is 4.68. The van der Waals surface area contributed by atoms with Crippen LogP contribution in [-0.2, 0) is 6.54 Å². The van der Waals surface area contributed by atoms with Crippen LogP contribution < -0.4 is 11.5 Å². The average molecular weight is 217 g/mol. The molecule has 0 saturated heterocycles. The molecular weight excluding hydrogens is 206 g/mol. The van der Waals surface area contributed by atoms with E-state index in [1.807, 2.05) is 12.1 Å². The molecule has 0 aliphatic rings. The molecule has 6 heteroatoms. The van der Waals surface area contributed by atoms with Crippen LogP contribution >= 0.6 is 0 Å². The van der Waals surface area contributed by atoms with Gasteiger partial charge in [0.1, 0.15) is 0 Å². The van der Waals surface area contributed by atoms with Crippen molar-refractivity contribution in [3.8, 4) is 0 Å². The smallest absolute Gasteiger partial charge is 0.271 e. The minimum atomic E-state index is -0.623. The summed E-state index contributed by atoms with van der Waals surface area (Å²) in [6, 6.07) is 3.74. The molecule has 0 atom stereocenters. The molecule has 0 saturated carbocycles. The number of aromatic nitrogens is 3. The van der Waals surface area contributed by atoms with Gasteiger partial charge >= 0.3 is 0 Å². The monoisotopic (exact) mass is 217 g/mol. The van der Waals surface area contributed by atoms with Gasteiger partial charge < -0.3 is 11.5 Å². The summed E-state index contributed by atoms with van der Waals surface area (Å²) in [6.45, 7) is 0.505. The van der Waals surface area contributed by atoms with Gasteiger partial charge in [0.15, 0.2) is 5.69 Å². The molecule has 0 aliphatic carbocycles. The molecule has 2 aromatic rings. The predicted molar refractivity (Wildman–Crippen MR) is 58.5 cm³/mol. The number of rotatable bonds is 3. The summed E-state index contributed by atoms with van der Waals surface area (Å²) >= 11 is 0. The number of primary amides is 1. The molecule has 0 unspecified atom stereocenters. The minimum absolute atomic E-state index is 0.101. The van der Waals surface area contributed by atoms with E-state index in [2.05, 4.69) is 10.1 Å². The molecule has 0 aliphatic heterocycles. The lowest BCUT2D eigenvalue weighted by molar-refractivity contribution is 0.0995. The number of nitrogen functional groups attached to an aromatic ring is 1. The molecule has 1 amide bonds. The summed E-state index contributed by atoms with van der Waals surface area (Å²) in [7, 11) is 0. The largest absolute Gasteiger partial charge is 0.396 e. The van der Waals surface area contributed by atoms with E-state index in [4.69, 9.17) is 11.5 Å². The van der Waals surface area contributed by atoms with E-state index in [1.165, 1.54) is 0 Å². The van der Waals surface area contributed by atoms with Gasteiger partial charge in [0, 0.05) is 18.6 Å². The molecular formula is C10H11N5O.